The quantitative estimate of drug-likeness (QED) is 0.875. The van der Waals surface area contributed by atoms with E-state index in [-0.39, 0.29) is 11.8 Å². The third-order valence-electron chi connectivity index (χ3n) is 4.89. The van der Waals surface area contributed by atoms with Crippen molar-refractivity contribution in [3.63, 3.8) is 0 Å². The van der Waals surface area contributed by atoms with Gasteiger partial charge in [-0.2, -0.15) is 0 Å². The van der Waals surface area contributed by atoms with E-state index in [0.717, 1.165) is 28.3 Å². The minimum absolute atomic E-state index is 0.103. The third-order valence-corrected chi connectivity index (χ3v) is 4.89. The first kappa shape index (κ1) is 18.0. The van der Waals surface area contributed by atoms with Gasteiger partial charge in [-0.3, -0.25) is 9.78 Å². The largest absolute Gasteiger partial charge is 0.488 e. The second kappa shape index (κ2) is 7.04. The number of hydrogen-bond acceptors (Lipinski definition) is 3. The number of nitrogens with zero attached hydrogens (tertiary/aromatic N) is 1. The molecule has 2 rings (SSSR count). The maximum Gasteiger partial charge on any atom is 0.223 e. The molecule has 4 nitrogen and oxygen atoms in total. The summed E-state index contributed by atoms with van der Waals surface area (Å²) in [5.41, 5.74) is 8.73. The second-order valence-electron chi connectivity index (χ2n) is 6.84. The summed E-state index contributed by atoms with van der Waals surface area (Å²) >= 11 is 0. The highest BCUT2D eigenvalue weighted by Gasteiger charge is 2.34. The van der Waals surface area contributed by atoms with Crippen molar-refractivity contribution in [3.05, 3.63) is 58.9 Å². The van der Waals surface area contributed by atoms with Crippen LogP contribution in [0.15, 0.2) is 36.4 Å². The molecule has 0 saturated carbocycles. The first-order valence-corrected chi connectivity index (χ1v) is 8.18. The average Bonchev–Trinajstić information content (AvgIpc) is 2.56. The van der Waals surface area contributed by atoms with Gasteiger partial charge in [-0.1, -0.05) is 51.1 Å². The van der Waals surface area contributed by atoms with E-state index in [4.69, 9.17) is 10.5 Å². The molecule has 4 heteroatoms. The molecule has 2 N–H and O–H groups in total. The van der Waals surface area contributed by atoms with Crippen LogP contribution in [0.1, 0.15) is 49.2 Å². The molecule has 1 aromatic heterocycles. The van der Waals surface area contributed by atoms with Gasteiger partial charge < -0.3 is 10.5 Å². The van der Waals surface area contributed by atoms with Crippen LogP contribution >= 0.6 is 0 Å². The van der Waals surface area contributed by atoms with Gasteiger partial charge in [-0.15, -0.1) is 0 Å². The molecule has 0 radical (unpaired) electrons. The zero-order valence-corrected chi connectivity index (χ0v) is 15.1. The molecule has 1 unspecified atom stereocenters. The molecule has 0 aliphatic carbocycles. The van der Waals surface area contributed by atoms with Crippen LogP contribution in [0.2, 0.25) is 0 Å². The van der Waals surface area contributed by atoms with E-state index >= 15 is 0 Å². The van der Waals surface area contributed by atoms with Crippen molar-refractivity contribution < 1.29 is 9.53 Å². The van der Waals surface area contributed by atoms with Gasteiger partial charge in [0.25, 0.3) is 0 Å². The highest BCUT2D eigenvalue weighted by atomic mass is 16.5. The van der Waals surface area contributed by atoms with Crippen LogP contribution in [0.25, 0.3) is 0 Å². The Morgan fingerprint density at radius 1 is 1.25 bits per heavy atom. The molecule has 0 aliphatic rings. The monoisotopic (exact) mass is 326 g/mol. The Balaban J connectivity index is 2.29. The number of primary amides is 1. The van der Waals surface area contributed by atoms with Gasteiger partial charge in [0.05, 0.1) is 5.41 Å². The van der Waals surface area contributed by atoms with Crippen LogP contribution in [-0.2, 0) is 11.4 Å². The summed E-state index contributed by atoms with van der Waals surface area (Å²) in [6, 6.07) is 12.0. The van der Waals surface area contributed by atoms with Gasteiger partial charge >= 0.3 is 0 Å². The van der Waals surface area contributed by atoms with Gasteiger partial charge in [0.15, 0.2) is 0 Å². The van der Waals surface area contributed by atoms with Gasteiger partial charge in [-0.05, 0) is 19.4 Å². The topological polar surface area (TPSA) is 65.2 Å². The van der Waals surface area contributed by atoms with Crippen LogP contribution in [0.5, 0.6) is 5.75 Å². The number of amides is 1. The molecule has 0 fully saturated rings. The summed E-state index contributed by atoms with van der Waals surface area (Å²) < 4.78 is 6.01. The van der Waals surface area contributed by atoms with Crippen molar-refractivity contribution in [2.75, 3.05) is 0 Å². The molecule has 24 heavy (non-hydrogen) atoms. The lowest BCUT2D eigenvalue weighted by Crippen LogP contribution is -2.36. The SMILES string of the molecule is Cc1nc(C(C)C(C)(C)C(N)=O)cc(OCc2ccccc2)c1C. The van der Waals surface area contributed by atoms with Crippen molar-refractivity contribution in [2.24, 2.45) is 11.1 Å². The Hall–Kier alpha value is -2.36. The lowest BCUT2D eigenvalue weighted by atomic mass is 9.77. The molecule has 128 valence electrons. The number of benzene rings is 1. The van der Waals surface area contributed by atoms with E-state index in [1.807, 2.05) is 71.0 Å². The maximum atomic E-state index is 11.7. The summed E-state index contributed by atoms with van der Waals surface area (Å²) in [6.07, 6.45) is 0. The molecule has 1 aromatic carbocycles. The van der Waals surface area contributed by atoms with Crippen molar-refractivity contribution in [1.82, 2.24) is 4.98 Å². The summed E-state index contributed by atoms with van der Waals surface area (Å²) in [4.78, 5) is 16.4. The lowest BCUT2D eigenvalue weighted by Gasteiger charge is -2.28. The summed E-state index contributed by atoms with van der Waals surface area (Å²) in [5.74, 6) is 0.364. The lowest BCUT2D eigenvalue weighted by molar-refractivity contribution is -0.126. The fourth-order valence-electron chi connectivity index (χ4n) is 2.42. The number of carbonyl (C=O) groups is 1. The van der Waals surface area contributed by atoms with Crippen molar-refractivity contribution in [3.8, 4) is 5.75 Å². The molecular formula is C20H26N2O2. The Labute approximate surface area is 144 Å². The van der Waals surface area contributed by atoms with Gasteiger partial charge in [0.2, 0.25) is 5.91 Å². The number of carbonyl (C=O) groups excluding carboxylic acids is 1. The van der Waals surface area contributed by atoms with Crippen molar-refractivity contribution >= 4 is 5.91 Å². The van der Waals surface area contributed by atoms with E-state index in [0.29, 0.717) is 6.61 Å². The fourth-order valence-corrected chi connectivity index (χ4v) is 2.42. The van der Waals surface area contributed by atoms with E-state index in [2.05, 4.69) is 4.98 Å². The zero-order chi connectivity index (χ0) is 17.9. The Morgan fingerprint density at radius 2 is 1.88 bits per heavy atom. The Morgan fingerprint density at radius 3 is 2.46 bits per heavy atom. The summed E-state index contributed by atoms with van der Waals surface area (Å²) in [5, 5.41) is 0. The van der Waals surface area contributed by atoms with Crippen LogP contribution < -0.4 is 10.5 Å². The molecule has 2 aromatic rings. The molecule has 1 atom stereocenters. The molecule has 0 aliphatic heterocycles. The minimum atomic E-state index is -0.675. The van der Waals surface area contributed by atoms with Crippen LogP contribution in [0.3, 0.4) is 0 Å². The van der Waals surface area contributed by atoms with Gasteiger partial charge in [-0.25, -0.2) is 0 Å². The number of hydrogen-bond donors (Lipinski definition) is 1. The molecule has 1 amide bonds. The highest BCUT2D eigenvalue weighted by Crippen LogP contribution is 2.36. The van der Waals surface area contributed by atoms with Crippen molar-refractivity contribution in [1.29, 1.82) is 0 Å². The maximum absolute atomic E-state index is 11.7. The standard InChI is InChI=1S/C20H26N2O2/c1-13-15(3)22-17(14(2)20(4,5)19(21)23)11-18(13)24-12-16-9-7-6-8-10-16/h6-11,14H,12H2,1-5H3,(H2,21,23). The molecule has 0 spiro atoms. The van der Waals surface area contributed by atoms with E-state index in [9.17, 15) is 4.79 Å². The number of ether oxygens (including phenoxy) is 1. The predicted octanol–water partition coefficient (Wildman–Crippen LogP) is 3.89. The molecule has 0 bridgehead atoms. The average molecular weight is 326 g/mol. The number of rotatable bonds is 6. The molecular weight excluding hydrogens is 300 g/mol. The number of nitrogens with two attached hydrogens (primary N) is 1. The molecule has 0 saturated heterocycles. The van der Waals surface area contributed by atoms with E-state index in [1.165, 1.54) is 0 Å². The third kappa shape index (κ3) is 3.75. The summed E-state index contributed by atoms with van der Waals surface area (Å²) in [6.45, 7) is 10.1. The fraction of sp³-hybridized carbons (Fsp3) is 0.400. The van der Waals surface area contributed by atoms with E-state index < -0.39 is 5.41 Å². The smallest absolute Gasteiger partial charge is 0.223 e. The van der Waals surface area contributed by atoms with Crippen LogP contribution in [-0.4, -0.2) is 10.9 Å². The number of pyridine rings is 1. The van der Waals surface area contributed by atoms with Crippen molar-refractivity contribution in [2.45, 2.75) is 47.1 Å². The first-order valence-electron chi connectivity index (χ1n) is 8.18. The number of aromatic nitrogens is 1. The highest BCUT2D eigenvalue weighted by molar-refractivity contribution is 5.81. The predicted molar refractivity (Wildman–Crippen MR) is 95.9 cm³/mol. The Bertz CT molecular complexity index is 724. The number of aryl methyl sites for hydroxylation is 1. The summed E-state index contributed by atoms with van der Waals surface area (Å²) in [7, 11) is 0. The van der Waals surface area contributed by atoms with Gasteiger partial charge in [0, 0.05) is 28.9 Å². The molecule has 1 heterocycles. The van der Waals surface area contributed by atoms with Gasteiger partial charge in [0.1, 0.15) is 12.4 Å². The first-order chi connectivity index (χ1) is 11.2. The van der Waals surface area contributed by atoms with Crippen LogP contribution in [0.4, 0.5) is 0 Å². The Kier molecular flexibility index (Phi) is 5.27. The minimum Gasteiger partial charge on any atom is -0.488 e. The van der Waals surface area contributed by atoms with E-state index in [1.54, 1.807) is 0 Å². The zero-order valence-electron chi connectivity index (χ0n) is 15.1. The van der Waals surface area contributed by atoms with Crippen LogP contribution in [0, 0.1) is 19.3 Å². The normalized spacial score (nSPS) is 12.7. The second-order valence-corrected chi connectivity index (χ2v) is 6.84.